The SMILES string of the molecule is O=C1NC(c2ccccc2)C(=O)N1c1cc(Cl)cc(Cl)c1. The van der Waals surface area contributed by atoms with Gasteiger partial charge in [-0.05, 0) is 23.8 Å². The molecule has 0 radical (unpaired) electrons. The topological polar surface area (TPSA) is 49.4 Å². The van der Waals surface area contributed by atoms with Crippen molar-refractivity contribution in [3.05, 3.63) is 64.1 Å². The summed E-state index contributed by atoms with van der Waals surface area (Å²) >= 11 is 11.8. The summed E-state index contributed by atoms with van der Waals surface area (Å²) < 4.78 is 0. The van der Waals surface area contributed by atoms with Gasteiger partial charge in [-0.3, -0.25) is 4.79 Å². The van der Waals surface area contributed by atoms with Crippen LogP contribution in [0.5, 0.6) is 0 Å². The number of hydrogen-bond acceptors (Lipinski definition) is 2. The van der Waals surface area contributed by atoms with E-state index in [2.05, 4.69) is 5.32 Å². The van der Waals surface area contributed by atoms with Gasteiger partial charge in [0.05, 0.1) is 5.69 Å². The fraction of sp³-hybridized carbons (Fsp3) is 0.0667. The predicted octanol–water partition coefficient (Wildman–Crippen LogP) is 3.79. The molecule has 6 heteroatoms. The van der Waals surface area contributed by atoms with Crippen LogP contribution in [0.25, 0.3) is 0 Å². The minimum Gasteiger partial charge on any atom is -0.321 e. The van der Waals surface area contributed by atoms with E-state index in [1.807, 2.05) is 18.2 Å². The van der Waals surface area contributed by atoms with Crippen molar-refractivity contribution in [3.8, 4) is 0 Å². The maximum atomic E-state index is 12.5. The molecule has 21 heavy (non-hydrogen) atoms. The molecule has 1 N–H and O–H groups in total. The van der Waals surface area contributed by atoms with Crippen LogP contribution >= 0.6 is 23.2 Å². The zero-order valence-electron chi connectivity index (χ0n) is 10.7. The number of hydrogen-bond donors (Lipinski definition) is 1. The van der Waals surface area contributed by atoms with Crippen molar-refractivity contribution in [3.63, 3.8) is 0 Å². The Bertz CT molecular complexity index is 699. The molecule has 1 atom stereocenters. The summed E-state index contributed by atoms with van der Waals surface area (Å²) in [7, 11) is 0. The number of carbonyl (C=O) groups is 2. The largest absolute Gasteiger partial charge is 0.329 e. The lowest BCUT2D eigenvalue weighted by Crippen LogP contribution is -2.30. The molecule has 0 bridgehead atoms. The van der Waals surface area contributed by atoms with Crippen molar-refractivity contribution < 1.29 is 9.59 Å². The second-order valence-corrected chi connectivity index (χ2v) is 5.47. The van der Waals surface area contributed by atoms with Crippen LogP contribution in [0.1, 0.15) is 11.6 Å². The third kappa shape index (κ3) is 2.60. The van der Waals surface area contributed by atoms with Gasteiger partial charge in [-0.25, -0.2) is 9.69 Å². The van der Waals surface area contributed by atoms with Crippen molar-refractivity contribution in [1.29, 1.82) is 0 Å². The van der Waals surface area contributed by atoms with Gasteiger partial charge in [-0.15, -0.1) is 0 Å². The molecule has 4 nitrogen and oxygen atoms in total. The Morgan fingerprint density at radius 1 is 0.952 bits per heavy atom. The first-order valence-corrected chi connectivity index (χ1v) is 6.97. The summed E-state index contributed by atoms with van der Waals surface area (Å²) in [6.45, 7) is 0. The van der Waals surface area contributed by atoms with E-state index < -0.39 is 12.1 Å². The molecular weight excluding hydrogens is 311 g/mol. The number of halogens is 2. The molecule has 0 saturated carbocycles. The molecule has 1 unspecified atom stereocenters. The van der Waals surface area contributed by atoms with Gasteiger partial charge in [-0.2, -0.15) is 0 Å². The number of nitrogens with one attached hydrogen (secondary N) is 1. The van der Waals surface area contributed by atoms with E-state index in [4.69, 9.17) is 23.2 Å². The maximum Gasteiger partial charge on any atom is 0.329 e. The second-order valence-electron chi connectivity index (χ2n) is 4.59. The normalized spacial score (nSPS) is 18.0. The van der Waals surface area contributed by atoms with E-state index in [0.29, 0.717) is 15.7 Å². The summed E-state index contributed by atoms with van der Waals surface area (Å²) in [5.41, 5.74) is 1.08. The Morgan fingerprint density at radius 3 is 2.19 bits per heavy atom. The molecule has 1 aliphatic rings. The number of nitrogens with zero attached hydrogens (tertiary/aromatic N) is 1. The zero-order chi connectivity index (χ0) is 15.0. The number of benzene rings is 2. The Labute approximate surface area is 131 Å². The number of urea groups is 1. The standard InChI is InChI=1S/C15H10Cl2N2O2/c16-10-6-11(17)8-12(7-10)19-14(20)13(18-15(19)21)9-4-2-1-3-5-9/h1-8,13H,(H,18,21). The third-order valence-corrected chi connectivity index (χ3v) is 3.61. The molecule has 1 heterocycles. The predicted molar refractivity (Wildman–Crippen MR) is 81.7 cm³/mol. The average Bonchev–Trinajstić information content (AvgIpc) is 2.74. The second kappa shape index (κ2) is 5.39. The average molecular weight is 321 g/mol. The minimum atomic E-state index is -0.698. The lowest BCUT2D eigenvalue weighted by molar-refractivity contribution is -0.118. The van der Waals surface area contributed by atoms with E-state index >= 15 is 0 Å². The quantitative estimate of drug-likeness (QED) is 0.856. The highest BCUT2D eigenvalue weighted by Gasteiger charge is 2.40. The molecule has 3 rings (SSSR count). The molecule has 2 aromatic rings. The summed E-state index contributed by atoms with van der Waals surface area (Å²) in [5.74, 6) is -0.357. The van der Waals surface area contributed by atoms with Gasteiger partial charge in [0, 0.05) is 10.0 Å². The van der Waals surface area contributed by atoms with Crippen LogP contribution in [0.15, 0.2) is 48.5 Å². The monoisotopic (exact) mass is 320 g/mol. The molecule has 1 saturated heterocycles. The molecule has 106 valence electrons. The van der Waals surface area contributed by atoms with Crippen molar-refractivity contribution in [2.75, 3.05) is 4.90 Å². The summed E-state index contributed by atoms with van der Waals surface area (Å²) in [4.78, 5) is 25.6. The van der Waals surface area contributed by atoms with Crippen LogP contribution in [0, 0.1) is 0 Å². The summed E-state index contributed by atoms with van der Waals surface area (Å²) in [5, 5.41) is 3.38. The molecule has 1 fully saturated rings. The van der Waals surface area contributed by atoms with Gasteiger partial charge in [-0.1, -0.05) is 53.5 Å². The first-order valence-electron chi connectivity index (χ1n) is 6.22. The number of carbonyl (C=O) groups excluding carboxylic acids is 2. The molecule has 0 aliphatic carbocycles. The Kier molecular flexibility index (Phi) is 3.57. The van der Waals surface area contributed by atoms with Crippen molar-refractivity contribution in [1.82, 2.24) is 5.32 Å². The van der Waals surface area contributed by atoms with Gasteiger partial charge in [0.15, 0.2) is 0 Å². The van der Waals surface area contributed by atoms with Crippen LogP contribution in [0.4, 0.5) is 10.5 Å². The van der Waals surface area contributed by atoms with Crippen molar-refractivity contribution in [2.45, 2.75) is 6.04 Å². The first kappa shape index (κ1) is 13.9. The van der Waals surface area contributed by atoms with E-state index in [0.717, 1.165) is 10.5 Å². The maximum absolute atomic E-state index is 12.5. The number of rotatable bonds is 2. The summed E-state index contributed by atoms with van der Waals surface area (Å²) in [6, 6.07) is 12.5. The molecule has 1 aliphatic heterocycles. The van der Waals surface area contributed by atoms with Crippen LogP contribution in [-0.4, -0.2) is 11.9 Å². The minimum absolute atomic E-state index is 0.355. The lowest BCUT2D eigenvalue weighted by Gasteiger charge is -2.14. The number of amides is 3. The molecule has 3 amide bonds. The number of imide groups is 1. The van der Waals surface area contributed by atoms with E-state index in [-0.39, 0.29) is 5.91 Å². The smallest absolute Gasteiger partial charge is 0.321 e. The van der Waals surface area contributed by atoms with Gasteiger partial charge >= 0.3 is 6.03 Å². The highest BCUT2D eigenvalue weighted by Crippen LogP contribution is 2.31. The van der Waals surface area contributed by atoms with Crippen molar-refractivity contribution >= 4 is 40.8 Å². The molecule has 0 aromatic heterocycles. The third-order valence-electron chi connectivity index (χ3n) is 3.18. The fourth-order valence-corrected chi connectivity index (χ4v) is 2.78. The molecular formula is C15H10Cl2N2O2. The van der Waals surface area contributed by atoms with Crippen LogP contribution in [0.3, 0.4) is 0 Å². The Balaban J connectivity index is 1.98. The van der Waals surface area contributed by atoms with Gasteiger partial charge in [0.1, 0.15) is 6.04 Å². The lowest BCUT2D eigenvalue weighted by atomic mass is 10.1. The molecule has 0 spiro atoms. The van der Waals surface area contributed by atoms with Crippen LogP contribution in [-0.2, 0) is 4.79 Å². The van der Waals surface area contributed by atoms with Gasteiger partial charge < -0.3 is 5.32 Å². The van der Waals surface area contributed by atoms with Gasteiger partial charge in [0.25, 0.3) is 5.91 Å². The van der Waals surface area contributed by atoms with Gasteiger partial charge in [0.2, 0.25) is 0 Å². The highest BCUT2D eigenvalue weighted by atomic mass is 35.5. The van der Waals surface area contributed by atoms with Crippen LogP contribution < -0.4 is 10.2 Å². The van der Waals surface area contributed by atoms with Crippen molar-refractivity contribution in [2.24, 2.45) is 0 Å². The van der Waals surface area contributed by atoms with E-state index in [1.54, 1.807) is 18.2 Å². The zero-order valence-corrected chi connectivity index (χ0v) is 12.2. The summed E-state index contributed by atoms with van der Waals surface area (Å²) in [6.07, 6.45) is 0. The van der Waals surface area contributed by atoms with Crippen LogP contribution in [0.2, 0.25) is 10.0 Å². The highest BCUT2D eigenvalue weighted by molar-refractivity contribution is 6.35. The fourth-order valence-electron chi connectivity index (χ4n) is 2.26. The first-order chi connectivity index (χ1) is 10.1. The number of anilines is 1. The van der Waals surface area contributed by atoms with E-state index in [9.17, 15) is 9.59 Å². The van der Waals surface area contributed by atoms with E-state index in [1.165, 1.54) is 12.1 Å². The Morgan fingerprint density at radius 2 is 1.57 bits per heavy atom. The Hall–Kier alpha value is -2.04. The molecule has 2 aromatic carbocycles.